The summed E-state index contributed by atoms with van der Waals surface area (Å²) in [7, 11) is 0. The van der Waals surface area contributed by atoms with Crippen LogP contribution in [0, 0.1) is 5.92 Å². The molecule has 0 radical (unpaired) electrons. The molecule has 1 saturated heterocycles. The zero-order chi connectivity index (χ0) is 12.0. The number of amides is 1. The summed E-state index contributed by atoms with van der Waals surface area (Å²) in [6.07, 6.45) is 1.00. The molecule has 1 aromatic carbocycles. The van der Waals surface area contributed by atoms with Crippen molar-refractivity contribution in [2.75, 3.05) is 13.1 Å². The van der Waals surface area contributed by atoms with Crippen LogP contribution in [-0.4, -0.2) is 29.4 Å². The Bertz CT molecular complexity index is 433. The van der Waals surface area contributed by atoms with E-state index in [0.717, 1.165) is 6.42 Å². The van der Waals surface area contributed by atoms with Crippen LogP contribution < -0.4 is 5.73 Å². The average molecular weight is 230 g/mol. The van der Waals surface area contributed by atoms with Gasteiger partial charge in [-0.05, 0) is 24.8 Å². The van der Waals surface area contributed by atoms with E-state index in [4.69, 9.17) is 5.73 Å². The molecule has 1 amide bonds. The summed E-state index contributed by atoms with van der Waals surface area (Å²) < 4.78 is 0. The number of benzene rings is 1. The number of likely N-dealkylation sites (tertiary alicyclic amines) is 1. The SMILES string of the molecule is CC1(N)CN(C(=O)C2CC2c2ccccc2)C1. The number of nitrogens with zero attached hydrogens (tertiary/aromatic N) is 1. The predicted molar refractivity (Wildman–Crippen MR) is 66.5 cm³/mol. The fourth-order valence-corrected chi connectivity index (χ4v) is 2.75. The van der Waals surface area contributed by atoms with Crippen molar-refractivity contribution in [1.29, 1.82) is 0 Å². The van der Waals surface area contributed by atoms with E-state index < -0.39 is 0 Å². The first-order chi connectivity index (χ1) is 8.07. The molecule has 1 aliphatic heterocycles. The van der Waals surface area contributed by atoms with Crippen LogP contribution in [0.2, 0.25) is 0 Å². The van der Waals surface area contributed by atoms with Gasteiger partial charge in [-0.1, -0.05) is 30.3 Å². The van der Waals surface area contributed by atoms with E-state index in [-0.39, 0.29) is 11.5 Å². The highest BCUT2D eigenvalue weighted by Gasteiger charge is 2.49. The largest absolute Gasteiger partial charge is 0.339 e. The molecule has 3 rings (SSSR count). The first kappa shape index (κ1) is 10.8. The lowest BCUT2D eigenvalue weighted by molar-refractivity contribution is -0.139. The van der Waals surface area contributed by atoms with Gasteiger partial charge < -0.3 is 10.6 Å². The lowest BCUT2D eigenvalue weighted by Gasteiger charge is -2.45. The molecule has 0 bridgehead atoms. The molecule has 3 heteroatoms. The van der Waals surface area contributed by atoms with Crippen LogP contribution in [0.5, 0.6) is 0 Å². The Balaban J connectivity index is 1.61. The van der Waals surface area contributed by atoms with Gasteiger partial charge in [0, 0.05) is 24.5 Å². The Labute approximate surface area is 102 Å². The van der Waals surface area contributed by atoms with E-state index in [2.05, 4.69) is 12.1 Å². The van der Waals surface area contributed by atoms with Crippen molar-refractivity contribution in [3.63, 3.8) is 0 Å². The smallest absolute Gasteiger partial charge is 0.226 e. The number of hydrogen-bond donors (Lipinski definition) is 1. The fourth-order valence-electron chi connectivity index (χ4n) is 2.75. The minimum absolute atomic E-state index is 0.160. The molecule has 90 valence electrons. The molecule has 1 aliphatic carbocycles. The third-order valence-electron chi connectivity index (χ3n) is 3.75. The normalized spacial score (nSPS) is 29.6. The molecule has 2 aliphatic rings. The summed E-state index contributed by atoms with van der Waals surface area (Å²) >= 11 is 0. The van der Waals surface area contributed by atoms with E-state index in [1.807, 2.05) is 30.0 Å². The molecule has 0 aromatic heterocycles. The van der Waals surface area contributed by atoms with Crippen molar-refractivity contribution in [3.8, 4) is 0 Å². The minimum Gasteiger partial charge on any atom is -0.339 e. The maximum atomic E-state index is 12.1. The predicted octanol–water partition coefficient (Wildman–Crippen LogP) is 1.35. The minimum atomic E-state index is -0.160. The molecule has 17 heavy (non-hydrogen) atoms. The van der Waals surface area contributed by atoms with Crippen molar-refractivity contribution in [2.45, 2.75) is 24.8 Å². The van der Waals surface area contributed by atoms with Crippen LogP contribution in [0.15, 0.2) is 30.3 Å². The summed E-state index contributed by atoms with van der Waals surface area (Å²) in [6.45, 7) is 3.42. The van der Waals surface area contributed by atoms with Crippen molar-refractivity contribution in [2.24, 2.45) is 11.7 Å². The van der Waals surface area contributed by atoms with E-state index in [9.17, 15) is 4.79 Å². The number of rotatable bonds is 2. The summed E-state index contributed by atoms with van der Waals surface area (Å²) in [5.74, 6) is 0.934. The second-order valence-corrected chi connectivity index (χ2v) is 5.71. The molecule has 2 N–H and O–H groups in total. The average Bonchev–Trinajstić information content (AvgIpc) is 3.06. The fraction of sp³-hybridized carbons (Fsp3) is 0.500. The molecule has 2 fully saturated rings. The molecular weight excluding hydrogens is 212 g/mol. The molecule has 1 saturated carbocycles. The Morgan fingerprint density at radius 2 is 2.00 bits per heavy atom. The number of hydrogen-bond acceptors (Lipinski definition) is 2. The first-order valence-corrected chi connectivity index (χ1v) is 6.19. The highest BCUT2D eigenvalue weighted by Crippen LogP contribution is 2.49. The third kappa shape index (κ3) is 1.95. The maximum Gasteiger partial charge on any atom is 0.226 e. The van der Waals surface area contributed by atoms with E-state index in [1.165, 1.54) is 5.56 Å². The summed E-state index contributed by atoms with van der Waals surface area (Å²) in [4.78, 5) is 14.0. The van der Waals surface area contributed by atoms with Crippen LogP contribution in [0.25, 0.3) is 0 Å². The Morgan fingerprint density at radius 1 is 1.35 bits per heavy atom. The highest BCUT2D eigenvalue weighted by molar-refractivity contribution is 5.84. The number of carbonyl (C=O) groups excluding carboxylic acids is 1. The second-order valence-electron chi connectivity index (χ2n) is 5.71. The third-order valence-corrected chi connectivity index (χ3v) is 3.75. The van der Waals surface area contributed by atoms with Gasteiger partial charge in [0.25, 0.3) is 0 Å². The van der Waals surface area contributed by atoms with Crippen LogP contribution in [0.3, 0.4) is 0 Å². The van der Waals surface area contributed by atoms with Crippen LogP contribution in [-0.2, 0) is 4.79 Å². The topological polar surface area (TPSA) is 46.3 Å². The van der Waals surface area contributed by atoms with Gasteiger partial charge in [0.15, 0.2) is 0 Å². The Hall–Kier alpha value is -1.35. The quantitative estimate of drug-likeness (QED) is 0.833. The van der Waals surface area contributed by atoms with Crippen molar-refractivity contribution < 1.29 is 4.79 Å². The maximum absolute atomic E-state index is 12.1. The zero-order valence-electron chi connectivity index (χ0n) is 10.1. The van der Waals surface area contributed by atoms with Crippen LogP contribution in [0.4, 0.5) is 0 Å². The Kier molecular flexibility index (Phi) is 2.26. The van der Waals surface area contributed by atoms with E-state index >= 15 is 0 Å². The molecule has 2 unspecified atom stereocenters. The molecule has 2 atom stereocenters. The van der Waals surface area contributed by atoms with Gasteiger partial charge >= 0.3 is 0 Å². The van der Waals surface area contributed by atoms with E-state index in [0.29, 0.717) is 24.9 Å². The Morgan fingerprint density at radius 3 is 2.59 bits per heavy atom. The number of carbonyl (C=O) groups is 1. The second kappa shape index (κ2) is 3.57. The van der Waals surface area contributed by atoms with Gasteiger partial charge in [0.2, 0.25) is 5.91 Å². The molecule has 0 spiro atoms. The highest BCUT2D eigenvalue weighted by atomic mass is 16.2. The van der Waals surface area contributed by atoms with Gasteiger partial charge in [-0.25, -0.2) is 0 Å². The molecule has 1 aromatic rings. The number of nitrogens with two attached hydrogens (primary N) is 1. The first-order valence-electron chi connectivity index (χ1n) is 6.19. The lowest BCUT2D eigenvalue weighted by atomic mass is 9.93. The molecular formula is C14H18N2O. The van der Waals surface area contributed by atoms with Crippen LogP contribution in [0.1, 0.15) is 24.8 Å². The summed E-state index contributed by atoms with van der Waals surface area (Å²) in [5, 5.41) is 0. The lowest BCUT2D eigenvalue weighted by Crippen LogP contribution is -2.67. The summed E-state index contributed by atoms with van der Waals surface area (Å²) in [5.41, 5.74) is 7.06. The van der Waals surface area contributed by atoms with Crippen molar-refractivity contribution >= 4 is 5.91 Å². The van der Waals surface area contributed by atoms with Gasteiger partial charge in [-0.2, -0.15) is 0 Å². The van der Waals surface area contributed by atoms with Gasteiger partial charge in [0.05, 0.1) is 0 Å². The summed E-state index contributed by atoms with van der Waals surface area (Å²) in [6, 6.07) is 10.3. The zero-order valence-corrected chi connectivity index (χ0v) is 10.1. The van der Waals surface area contributed by atoms with Gasteiger partial charge in [-0.3, -0.25) is 4.79 Å². The van der Waals surface area contributed by atoms with Crippen molar-refractivity contribution in [1.82, 2.24) is 4.90 Å². The van der Waals surface area contributed by atoms with Crippen molar-refractivity contribution in [3.05, 3.63) is 35.9 Å². The van der Waals surface area contributed by atoms with Crippen LogP contribution >= 0.6 is 0 Å². The molecule has 1 heterocycles. The van der Waals surface area contributed by atoms with E-state index in [1.54, 1.807) is 0 Å². The monoisotopic (exact) mass is 230 g/mol. The standard InChI is InChI=1S/C14H18N2O/c1-14(15)8-16(9-14)13(17)12-7-11(12)10-5-3-2-4-6-10/h2-6,11-12H,7-9,15H2,1H3. The molecule has 3 nitrogen and oxygen atoms in total. The van der Waals surface area contributed by atoms with Gasteiger partial charge in [-0.15, -0.1) is 0 Å². The van der Waals surface area contributed by atoms with Gasteiger partial charge in [0.1, 0.15) is 0 Å².